The van der Waals surface area contributed by atoms with Crippen LogP contribution in [-0.4, -0.2) is 21.7 Å². The molecule has 0 radical (unpaired) electrons. The lowest BCUT2D eigenvalue weighted by molar-refractivity contribution is 0.130. The number of nitrogens with zero attached hydrogens (tertiary/aromatic N) is 3. The lowest BCUT2D eigenvalue weighted by atomic mass is 9.92. The third-order valence-electron chi connectivity index (χ3n) is 6.26. The van der Waals surface area contributed by atoms with Gasteiger partial charge in [0.25, 0.3) is 0 Å². The van der Waals surface area contributed by atoms with E-state index in [0.29, 0.717) is 17.3 Å². The summed E-state index contributed by atoms with van der Waals surface area (Å²) in [5.41, 5.74) is 6.20. The maximum atomic E-state index is 11.9. The van der Waals surface area contributed by atoms with Crippen molar-refractivity contribution in [2.24, 2.45) is 0 Å². The van der Waals surface area contributed by atoms with Gasteiger partial charge < -0.3 is 9.30 Å². The number of pyridine rings is 1. The molecule has 1 amide bonds. The molecule has 0 saturated heterocycles. The number of aromatic nitrogens is 2. The van der Waals surface area contributed by atoms with Gasteiger partial charge in [0.1, 0.15) is 6.07 Å². The van der Waals surface area contributed by atoms with Crippen LogP contribution in [0, 0.1) is 11.3 Å². The summed E-state index contributed by atoms with van der Waals surface area (Å²) in [6.45, 7) is 3.62. The fourth-order valence-electron chi connectivity index (χ4n) is 4.50. The van der Waals surface area contributed by atoms with Crippen molar-refractivity contribution < 1.29 is 9.53 Å². The standard InChI is InChI=1S/C28H26N4O2/c1-18(2)34-28(33)31-21-12-9-19(10-13-21)27-24(17-29)23-14-11-20(25-8-3-4-15-30-25)16-26(23)32(27)22-6-5-7-22/h3-4,8-16,18,22H,5-7H2,1-2H3,(H,31,33). The number of nitrogens with one attached hydrogen (secondary N) is 1. The SMILES string of the molecule is CC(C)OC(=O)Nc1ccc(-c2c(C#N)c3ccc(-c4ccccn4)cc3n2C2CCC2)cc1. The number of hydrogen-bond donors (Lipinski definition) is 1. The van der Waals surface area contributed by atoms with Crippen LogP contribution in [-0.2, 0) is 4.74 Å². The fourth-order valence-corrected chi connectivity index (χ4v) is 4.50. The van der Waals surface area contributed by atoms with Gasteiger partial charge in [0.05, 0.1) is 28.6 Å². The van der Waals surface area contributed by atoms with E-state index in [1.165, 1.54) is 6.42 Å². The Hall–Kier alpha value is -4.11. The summed E-state index contributed by atoms with van der Waals surface area (Å²) in [5, 5.41) is 13.9. The minimum absolute atomic E-state index is 0.188. The molecule has 1 N–H and O–H groups in total. The summed E-state index contributed by atoms with van der Waals surface area (Å²) < 4.78 is 7.50. The van der Waals surface area contributed by atoms with Crippen LogP contribution in [0.3, 0.4) is 0 Å². The molecule has 2 aromatic carbocycles. The lowest BCUT2D eigenvalue weighted by Gasteiger charge is -2.30. The Labute approximate surface area is 198 Å². The second-order valence-electron chi connectivity index (χ2n) is 8.89. The maximum Gasteiger partial charge on any atom is 0.411 e. The van der Waals surface area contributed by atoms with Gasteiger partial charge in [-0.05, 0) is 69.0 Å². The molecule has 4 aromatic rings. The van der Waals surface area contributed by atoms with Crippen molar-refractivity contribution >= 4 is 22.7 Å². The highest BCUT2D eigenvalue weighted by Gasteiger charge is 2.28. The Morgan fingerprint density at radius 1 is 1.12 bits per heavy atom. The summed E-state index contributed by atoms with van der Waals surface area (Å²) >= 11 is 0. The molecule has 1 aliphatic carbocycles. The fraction of sp³-hybridized carbons (Fsp3) is 0.250. The monoisotopic (exact) mass is 450 g/mol. The molecule has 0 spiro atoms. The third-order valence-corrected chi connectivity index (χ3v) is 6.26. The molecule has 0 aliphatic heterocycles. The van der Waals surface area contributed by atoms with Crippen LogP contribution >= 0.6 is 0 Å². The number of fused-ring (bicyclic) bond motifs is 1. The van der Waals surface area contributed by atoms with Crippen LogP contribution in [0.5, 0.6) is 0 Å². The molecule has 1 saturated carbocycles. The van der Waals surface area contributed by atoms with Gasteiger partial charge >= 0.3 is 6.09 Å². The molecule has 0 bridgehead atoms. The molecule has 6 nitrogen and oxygen atoms in total. The first-order valence-corrected chi connectivity index (χ1v) is 11.6. The molecule has 170 valence electrons. The van der Waals surface area contributed by atoms with Crippen molar-refractivity contribution in [3.05, 3.63) is 72.4 Å². The minimum atomic E-state index is -0.480. The Bertz CT molecular complexity index is 1380. The predicted molar refractivity (Wildman–Crippen MR) is 133 cm³/mol. The molecule has 2 aromatic heterocycles. The van der Waals surface area contributed by atoms with Gasteiger partial charge in [-0.25, -0.2) is 4.79 Å². The summed E-state index contributed by atoms with van der Waals surface area (Å²) in [7, 11) is 0. The molecule has 2 heterocycles. The quantitative estimate of drug-likeness (QED) is 0.358. The number of hydrogen-bond acceptors (Lipinski definition) is 4. The van der Waals surface area contributed by atoms with Gasteiger partial charge in [0, 0.05) is 28.9 Å². The van der Waals surface area contributed by atoms with Crippen LogP contribution in [0.4, 0.5) is 10.5 Å². The van der Waals surface area contributed by atoms with E-state index in [1.54, 1.807) is 6.20 Å². The van der Waals surface area contributed by atoms with E-state index in [0.717, 1.165) is 46.3 Å². The van der Waals surface area contributed by atoms with Crippen LogP contribution < -0.4 is 5.32 Å². The molecular weight excluding hydrogens is 424 g/mol. The number of anilines is 1. The van der Waals surface area contributed by atoms with Crippen molar-refractivity contribution in [3.8, 4) is 28.6 Å². The molecule has 34 heavy (non-hydrogen) atoms. The first kappa shape index (κ1) is 21.7. The van der Waals surface area contributed by atoms with Crippen molar-refractivity contribution in [3.63, 3.8) is 0 Å². The van der Waals surface area contributed by atoms with Gasteiger partial charge in [-0.2, -0.15) is 5.26 Å². The average molecular weight is 451 g/mol. The van der Waals surface area contributed by atoms with Gasteiger partial charge in [-0.15, -0.1) is 0 Å². The normalized spacial score (nSPS) is 13.5. The first-order valence-electron chi connectivity index (χ1n) is 11.6. The number of nitriles is 1. The highest BCUT2D eigenvalue weighted by atomic mass is 16.6. The van der Waals surface area contributed by atoms with E-state index in [4.69, 9.17) is 4.74 Å². The number of rotatable bonds is 5. The Morgan fingerprint density at radius 2 is 1.88 bits per heavy atom. The Morgan fingerprint density at radius 3 is 2.50 bits per heavy atom. The van der Waals surface area contributed by atoms with Gasteiger partial charge in [0.15, 0.2) is 0 Å². The zero-order chi connectivity index (χ0) is 23.7. The van der Waals surface area contributed by atoms with Crippen LogP contribution in [0.1, 0.15) is 44.7 Å². The highest BCUT2D eigenvalue weighted by molar-refractivity contribution is 5.97. The van der Waals surface area contributed by atoms with Crippen molar-refractivity contribution in [1.29, 1.82) is 5.26 Å². The van der Waals surface area contributed by atoms with Crippen molar-refractivity contribution in [1.82, 2.24) is 9.55 Å². The first-order chi connectivity index (χ1) is 16.5. The number of ether oxygens (including phenoxy) is 1. The highest BCUT2D eigenvalue weighted by Crippen LogP contribution is 2.43. The largest absolute Gasteiger partial charge is 0.447 e. The lowest BCUT2D eigenvalue weighted by Crippen LogP contribution is -2.18. The van der Waals surface area contributed by atoms with E-state index in [9.17, 15) is 10.1 Å². The van der Waals surface area contributed by atoms with E-state index < -0.39 is 6.09 Å². The van der Waals surface area contributed by atoms with Crippen LogP contribution in [0.2, 0.25) is 0 Å². The average Bonchev–Trinajstić information content (AvgIpc) is 3.12. The summed E-state index contributed by atoms with van der Waals surface area (Å²) in [6, 6.07) is 22.5. The molecular formula is C28H26N4O2. The van der Waals surface area contributed by atoms with Gasteiger partial charge in [0.2, 0.25) is 0 Å². The van der Waals surface area contributed by atoms with Crippen molar-refractivity contribution in [2.45, 2.75) is 45.3 Å². The Balaban J connectivity index is 1.60. The number of amides is 1. The smallest absolute Gasteiger partial charge is 0.411 e. The zero-order valence-corrected chi connectivity index (χ0v) is 19.3. The van der Waals surface area contributed by atoms with E-state index in [-0.39, 0.29) is 6.10 Å². The zero-order valence-electron chi connectivity index (χ0n) is 19.3. The van der Waals surface area contributed by atoms with Gasteiger partial charge in [-0.3, -0.25) is 10.3 Å². The van der Waals surface area contributed by atoms with E-state index in [1.807, 2.05) is 68.4 Å². The topological polar surface area (TPSA) is 79.9 Å². The molecule has 1 aliphatic rings. The number of carbonyl (C=O) groups excluding carboxylic acids is 1. The molecule has 0 unspecified atom stereocenters. The third kappa shape index (κ3) is 4.01. The van der Waals surface area contributed by atoms with E-state index >= 15 is 0 Å². The molecule has 0 atom stereocenters. The number of carbonyl (C=O) groups is 1. The second-order valence-corrected chi connectivity index (χ2v) is 8.89. The maximum absolute atomic E-state index is 11.9. The molecule has 6 heteroatoms. The number of benzene rings is 2. The molecule has 1 fully saturated rings. The van der Waals surface area contributed by atoms with E-state index in [2.05, 4.69) is 27.0 Å². The van der Waals surface area contributed by atoms with Crippen LogP contribution in [0.25, 0.3) is 33.4 Å². The predicted octanol–water partition coefficient (Wildman–Crippen LogP) is 6.92. The Kier molecular flexibility index (Phi) is 5.77. The summed E-state index contributed by atoms with van der Waals surface area (Å²) in [6.07, 6.45) is 4.50. The van der Waals surface area contributed by atoms with Crippen LogP contribution in [0.15, 0.2) is 66.9 Å². The molecule has 5 rings (SSSR count). The van der Waals surface area contributed by atoms with Crippen molar-refractivity contribution in [2.75, 3.05) is 5.32 Å². The summed E-state index contributed by atoms with van der Waals surface area (Å²) in [5.74, 6) is 0. The second kappa shape index (κ2) is 9.03. The summed E-state index contributed by atoms with van der Waals surface area (Å²) in [4.78, 5) is 16.5. The minimum Gasteiger partial charge on any atom is -0.447 e. The van der Waals surface area contributed by atoms with Gasteiger partial charge in [-0.1, -0.05) is 30.3 Å².